The largest absolute Gasteiger partial charge is 0.469 e. The van der Waals surface area contributed by atoms with Crippen LogP contribution in [0.4, 0.5) is 12.0 Å². The number of carbonyl (C=O) groups excluding carboxylic acids is 4. The number of aryl methyl sites for hydroxylation is 2. The Morgan fingerprint density at radius 2 is 1.11 bits per heavy atom. The van der Waals surface area contributed by atoms with Crippen LogP contribution in [0.2, 0.25) is 0 Å². The van der Waals surface area contributed by atoms with Crippen LogP contribution in [0, 0.1) is 11.3 Å². The average molecular weight is 678 g/mol. The topological polar surface area (TPSA) is 380 Å². The highest BCUT2D eigenvalue weighted by molar-refractivity contribution is 5.76. The molecule has 21 heteroatoms. The van der Waals surface area contributed by atoms with Gasteiger partial charge >= 0.3 is 18.0 Å². The normalized spacial score (nSPS) is 8.60. The van der Waals surface area contributed by atoms with Crippen LogP contribution < -0.4 is 45.7 Å². The van der Waals surface area contributed by atoms with E-state index < -0.39 is 0 Å². The Morgan fingerprint density at radius 1 is 0.766 bits per heavy atom. The fourth-order valence-corrected chi connectivity index (χ4v) is 2.75. The van der Waals surface area contributed by atoms with E-state index in [1.54, 1.807) is 13.0 Å². The molecule has 2 aromatic rings. The number of methoxy groups -OCH3 is 1. The number of amides is 2. The molecule has 0 saturated heterocycles. The van der Waals surface area contributed by atoms with E-state index in [-0.39, 0.29) is 43.0 Å². The van der Waals surface area contributed by atoms with E-state index in [1.165, 1.54) is 14.0 Å². The molecule has 15 N–H and O–H groups in total. The minimum atomic E-state index is -0.219. The van der Waals surface area contributed by atoms with Crippen LogP contribution in [0.3, 0.4) is 0 Å². The first kappa shape index (κ1) is 51.8. The van der Waals surface area contributed by atoms with Crippen molar-refractivity contribution in [2.75, 3.05) is 25.7 Å². The lowest BCUT2D eigenvalue weighted by molar-refractivity contribution is -0.140. The number of hydrazine groups is 3. The highest BCUT2D eigenvalue weighted by atomic mass is 16.5. The number of Topliss-reactive ketones (excluding diaryl/α,β-unsaturated/α-hetero) is 1. The number of ether oxygens (including phenoxy) is 1. The number of ketones is 1. The first-order valence-corrected chi connectivity index (χ1v) is 13.8. The van der Waals surface area contributed by atoms with E-state index in [0.29, 0.717) is 63.1 Å². The molecular formula is C26H55N13O8. The van der Waals surface area contributed by atoms with Crippen LogP contribution in [-0.2, 0) is 36.8 Å². The molecule has 0 unspecified atom stereocenters. The third-order valence-corrected chi connectivity index (χ3v) is 4.76. The fraction of sp³-hybridized carbons (Fsp3) is 0.654. The van der Waals surface area contributed by atoms with Crippen molar-refractivity contribution in [1.29, 1.82) is 5.26 Å². The zero-order valence-electron chi connectivity index (χ0n) is 27.0. The molecule has 0 radical (unpaired) electrons. The first-order valence-electron chi connectivity index (χ1n) is 13.8. The van der Waals surface area contributed by atoms with E-state index in [2.05, 4.69) is 36.8 Å². The number of nitrogens with one attached hydrogen (secondary N) is 2. The van der Waals surface area contributed by atoms with E-state index in [4.69, 9.17) is 42.4 Å². The van der Waals surface area contributed by atoms with Crippen molar-refractivity contribution in [3.8, 4) is 6.07 Å². The van der Waals surface area contributed by atoms with Gasteiger partial charge in [-0.05, 0) is 45.4 Å². The summed E-state index contributed by atoms with van der Waals surface area (Å²) in [5.74, 6) is 18.3. The molecule has 0 spiro atoms. The summed E-state index contributed by atoms with van der Waals surface area (Å²) in [5, 5.41) is 28.9. The number of nitrogen functional groups attached to an aromatic ring is 2. The van der Waals surface area contributed by atoms with Crippen molar-refractivity contribution >= 4 is 35.6 Å². The van der Waals surface area contributed by atoms with Gasteiger partial charge in [-0.15, -0.1) is 10.2 Å². The monoisotopic (exact) mass is 677 g/mol. The second-order valence-electron chi connectivity index (χ2n) is 8.33. The Balaban J connectivity index is -0.000000172. The molecule has 0 aliphatic rings. The van der Waals surface area contributed by atoms with Crippen LogP contribution in [0.5, 0.6) is 0 Å². The fourth-order valence-electron chi connectivity index (χ4n) is 2.75. The van der Waals surface area contributed by atoms with Gasteiger partial charge in [0.25, 0.3) is 0 Å². The molecule has 0 atom stereocenters. The number of unbranched alkanes of at least 4 members (excludes halogenated alkanes) is 3. The summed E-state index contributed by atoms with van der Waals surface area (Å²) >= 11 is 0. The maximum atomic E-state index is 10.6. The molecule has 2 heterocycles. The number of aromatic nitrogens is 4. The lowest BCUT2D eigenvalue weighted by Crippen LogP contribution is -2.30. The number of esters is 1. The summed E-state index contributed by atoms with van der Waals surface area (Å²) in [6, 6.07) is 1.94. The molecule has 2 amide bonds. The molecule has 2 aromatic heterocycles. The highest BCUT2D eigenvalue weighted by Crippen LogP contribution is 2.09. The molecule has 0 bridgehead atoms. The van der Waals surface area contributed by atoms with Gasteiger partial charge in [0.05, 0.1) is 13.2 Å². The minimum Gasteiger partial charge on any atom is -0.469 e. The van der Waals surface area contributed by atoms with Gasteiger partial charge in [-0.1, -0.05) is 17.6 Å². The molecular weight excluding hydrogens is 622 g/mol. The van der Waals surface area contributed by atoms with Crippen LogP contribution >= 0.6 is 0 Å². The summed E-state index contributed by atoms with van der Waals surface area (Å²) in [7, 11) is 2.37. The predicted octanol–water partition coefficient (Wildman–Crippen LogP) is -0.389. The molecule has 2 rings (SSSR count). The van der Waals surface area contributed by atoms with E-state index >= 15 is 0 Å². The molecule has 0 aliphatic carbocycles. The number of nitrogens with zero attached hydrogens (tertiary/aromatic N) is 5. The summed E-state index contributed by atoms with van der Waals surface area (Å²) in [6.07, 6.45) is 7.60. The van der Waals surface area contributed by atoms with Gasteiger partial charge in [0.15, 0.2) is 0 Å². The lowest BCUT2D eigenvalue weighted by atomic mass is 10.1. The molecule has 47 heavy (non-hydrogen) atoms. The Bertz CT molecular complexity index is 1020. The summed E-state index contributed by atoms with van der Waals surface area (Å²) in [4.78, 5) is 42.1. The zero-order valence-corrected chi connectivity index (χ0v) is 27.0. The van der Waals surface area contributed by atoms with E-state index in [9.17, 15) is 19.2 Å². The van der Waals surface area contributed by atoms with E-state index in [0.717, 1.165) is 32.8 Å². The van der Waals surface area contributed by atoms with Crippen LogP contribution in [0.1, 0.15) is 97.3 Å². The second kappa shape index (κ2) is 39.3. The first-order chi connectivity index (χ1) is 22.0. The maximum Gasteiger partial charge on any atom is 0.312 e. The molecule has 0 aromatic carbocycles. The van der Waals surface area contributed by atoms with Crippen molar-refractivity contribution < 1.29 is 37.9 Å². The number of nitrogens with two attached hydrogens (primary N) is 6. The number of hydrogen-bond donors (Lipinski definition) is 9. The minimum absolute atomic E-state index is 0. The summed E-state index contributed by atoms with van der Waals surface area (Å²) < 4.78 is 14.5. The van der Waals surface area contributed by atoms with Crippen LogP contribution in [0.25, 0.3) is 0 Å². The SMILES string of the molecule is C.CC#N.CO.COC(=O)CCCCC(C)=O.NN.NNC(=O)CCCCC(=O)NN.Nc1nnc(CCCCc2nnc(N)o2)o1. The lowest BCUT2D eigenvalue weighted by Gasteiger charge is -1.99. The smallest absolute Gasteiger partial charge is 0.312 e. The number of aliphatic hydroxyl groups excluding tert-OH is 1. The highest BCUT2D eigenvalue weighted by Gasteiger charge is 2.05. The predicted molar refractivity (Wildman–Crippen MR) is 173 cm³/mol. The van der Waals surface area contributed by atoms with Gasteiger partial charge in [-0.2, -0.15) is 5.26 Å². The standard InChI is InChI=1S/C8H12N6O2.C8H14O3.C6H14N4O2.C2H3N.CH4O.CH4.H4N2/c9-7-13-11-5(15-7)3-1-2-4-6-12-14-8(10)16-6;1-7(9)5-3-4-6-8(10)11-2;7-9-5(11)3-1-2-4-6(12)10-8;1-2-3;1-2;;1-2/h1-4H2,(H2,9,13)(H2,10,14);3-6H2,1-2H3;1-4,7-8H2,(H,9,11)(H,10,12);1H3;2H,1H3;1H4;1-2H2. The number of nitriles is 1. The van der Waals surface area contributed by atoms with E-state index in [1.807, 2.05) is 10.9 Å². The number of anilines is 2. The van der Waals surface area contributed by atoms with Crippen molar-refractivity contribution in [3.05, 3.63) is 11.8 Å². The molecule has 21 nitrogen and oxygen atoms in total. The van der Waals surface area contributed by atoms with Crippen molar-refractivity contribution in [3.63, 3.8) is 0 Å². The molecule has 0 saturated carbocycles. The van der Waals surface area contributed by atoms with Gasteiger partial charge in [-0.3, -0.25) is 36.9 Å². The number of hydrogen-bond acceptors (Lipinski definition) is 19. The second-order valence-corrected chi connectivity index (χ2v) is 8.33. The van der Waals surface area contributed by atoms with Gasteiger partial charge in [-0.25, -0.2) is 11.7 Å². The Morgan fingerprint density at radius 3 is 1.38 bits per heavy atom. The van der Waals surface area contributed by atoms with Gasteiger partial charge in [0, 0.05) is 52.6 Å². The Hall–Kier alpha value is -4.75. The zero-order chi connectivity index (χ0) is 36.2. The third kappa shape index (κ3) is 39.2. The van der Waals surface area contributed by atoms with Gasteiger partial charge in [0.1, 0.15) is 5.78 Å². The van der Waals surface area contributed by atoms with Crippen LogP contribution in [0.15, 0.2) is 8.83 Å². The van der Waals surface area contributed by atoms with Crippen LogP contribution in [-0.4, -0.2) is 63.3 Å². The maximum absolute atomic E-state index is 10.6. The number of carbonyl (C=O) groups is 4. The average Bonchev–Trinajstić information content (AvgIpc) is 3.68. The molecule has 272 valence electrons. The van der Waals surface area contributed by atoms with Gasteiger partial charge < -0.3 is 34.9 Å². The number of aliphatic hydroxyl groups is 1. The van der Waals surface area contributed by atoms with Crippen molar-refractivity contribution in [2.45, 2.75) is 98.3 Å². The third-order valence-electron chi connectivity index (χ3n) is 4.76. The molecule has 0 fully saturated rings. The van der Waals surface area contributed by atoms with Gasteiger partial charge in [0.2, 0.25) is 23.6 Å². The summed E-state index contributed by atoms with van der Waals surface area (Å²) in [5.41, 5.74) is 14.6. The Labute approximate surface area is 275 Å². The quantitative estimate of drug-likeness (QED) is 0.0381. The summed E-state index contributed by atoms with van der Waals surface area (Å²) in [6.45, 7) is 2.98. The number of rotatable bonds is 15. The molecule has 0 aliphatic heterocycles. The van der Waals surface area contributed by atoms with Crippen molar-refractivity contribution in [1.82, 2.24) is 31.2 Å². The van der Waals surface area contributed by atoms with Crippen molar-refractivity contribution in [2.24, 2.45) is 23.4 Å². The Kier molecular flexibility index (Phi) is 43.3.